The summed E-state index contributed by atoms with van der Waals surface area (Å²) in [6, 6.07) is 0. The van der Waals surface area contributed by atoms with Crippen molar-refractivity contribution in [1.82, 2.24) is 9.55 Å². The van der Waals surface area contributed by atoms with E-state index in [0.29, 0.717) is 4.57 Å². The molecule has 0 spiro atoms. The van der Waals surface area contributed by atoms with E-state index >= 15 is 0 Å². The zero-order chi connectivity index (χ0) is 14.2. The first kappa shape index (κ1) is 13.5. The maximum atomic E-state index is 10.8. The van der Waals surface area contributed by atoms with Crippen LogP contribution in [0.15, 0.2) is 0 Å². The summed E-state index contributed by atoms with van der Waals surface area (Å²) in [7, 11) is 0. The van der Waals surface area contributed by atoms with Gasteiger partial charge in [-0.05, 0) is 35.5 Å². The highest BCUT2D eigenvalue weighted by Crippen LogP contribution is 2.36. The van der Waals surface area contributed by atoms with Gasteiger partial charge in [-0.1, -0.05) is 0 Å². The Morgan fingerprint density at radius 3 is 1.78 bits per heavy atom. The molecule has 0 aromatic carbocycles. The van der Waals surface area contributed by atoms with Crippen molar-refractivity contribution in [1.29, 1.82) is 0 Å². The van der Waals surface area contributed by atoms with Gasteiger partial charge >= 0.3 is 17.6 Å². The molecule has 0 aliphatic heterocycles. The van der Waals surface area contributed by atoms with Crippen molar-refractivity contribution >= 4 is 17.6 Å². The molecule has 1 rings (SSSR count). The Morgan fingerprint density at radius 1 is 1.00 bits per heavy atom. The fraction of sp³-hybridized carbons (Fsp3) is 0.571. The minimum absolute atomic E-state index is 0.630. The molecule has 1 heterocycles. The fourth-order valence-electron chi connectivity index (χ4n) is 1.42. The van der Waals surface area contributed by atoms with Crippen LogP contribution in [-0.2, 0) is 5.54 Å². The van der Waals surface area contributed by atoms with Gasteiger partial charge in [0, 0.05) is 0 Å². The average molecular weight is 259 g/mol. The van der Waals surface area contributed by atoms with Gasteiger partial charge in [0.25, 0.3) is 0 Å². The third-order valence-electron chi connectivity index (χ3n) is 2.00. The van der Waals surface area contributed by atoms with Crippen molar-refractivity contribution in [3.05, 3.63) is 30.3 Å². The molecule has 0 bridgehead atoms. The van der Waals surface area contributed by atoms with Crippen LogP contribution in [0.2, 0.25) is 0 Å². The van der Waals surface area contributed by atoms with Crippen molar-refractivity contribution < 1.29 is 14.8 Å². The summed E-state index contributed by atoms with van der Waals surface area (Å²) in [5, 5.41) is 32.2. The van der Waals surface area contributed by atoms with E-state index in [0.717, 1.165) is 0 Å². The molecule has 0 amide bonds. The summed E-state index contributed by atoms with van der Waals surface area (Å²) >= 11 is 0. The zero-order valence-electron chi connectivity index (χ0n) is 9.69. The Bertz CT molecular complexity index is 541. The van der Waals surface area contributed by atoms with Gasteiger partial charge in [-0.2, -0.15) is 0 Å². The first-order valence-corrected chi connectivity index (χ1v) is 4.63. The van der Waals surface area contributed by atoms with Crippen LogP contribution in [-0.4, -0.2) is 24.3 Å². The molecule has 0 unspecified atom stereocenters. The molecule has 18 heavy (non-hydrogen) atoms. The summed E-state index contributed by atoms with van der Waals surface area (Å²) in [6.45, 7) is 4.33. The Hall–Kier alpha value is -2.59. The van der Waals surface area contributed by atoms with Crippen molar-refractivity contribution in [2.45, 2.75) is 26.3 Å². The monoisotopic (exact) mass is 259 g/mol. The molecule has 0 radical (unpaired) electrons. The lowest BCUT2D eigenvalue weighted by atomic mass is 10.1. The van der Waals surface area contributed by atoms with Crippen molar-refractivity contribution in [2.24, 2.45) is 0 Å². The van der Waals surface area contributed by atoms with Gasteiger partial charge in [0.2, 0.25) is 0 Å². The maximum Gasteiger partial charge on any atom is 0.507 e. The Morgan fingerprint density at radius 2 is 1.50 bits per heavy atom. The third-order valence-corrected chi connectivity index (χ3v) is 2.00. The largest absolute Gasteiger partial charge is 0.507 e. The normalized spacial score (nSPS) is 11.3. The lowest BCUT2D eigenvalue weighted by Gasteiger charge is -2.15. The molecular weight excluding hydrogens is 250 g/mol. The molecule has 0 N–H and O–H groups in total. The molecule has 11 nitrogen and oxygen atoms in total. The number of rotatable bonds is 3. The van der Waals surface area contributed by atoms with Crippen LogP contribution < -0.4 is 0 Å². The maximum absolute atomic E-state index is 10.8. The lowest BCUT2D eigenvalue weighted by molar-refractivity contribution is -0.429. The van der Waals surface area contributed by atoms with E-state index in [1.807, 2.05) is 0 Å². The molecule has 1 aromatic rings. The van der Waals surface area contributed by atoms with E-state index in [1.165, 1.54) is 20.8 Å². The molecule has 0 fully saturated rings. The minimum Gasteiger partial charge on any atom is -0.389 e. The van der Waals surface area contributed by atoms with Crippen LogP contribution >= 0.6 is 0 Å². The second-order valence-electron chi connectivity index (χ2n) is 4.34. The van der Waals surface area contributed by atoms with Gasteiger partial charge < -0.3 is 30.3 Å². The van der Waals surface area contributed by atoms with Crippen molar-refractivity contribution in [3.63, 3.8) is 0 Å². The number of aromatic nitrogens is 2. The second kappa shape index (κ2) is 4.01. The Balaban J connectivity index is 3.78. The van der Waals surface area contributed by atoms with E-state index in [1.54, 1.807) is 0 Å². The van der Waals surface area contributed by atoms with E-state index < -0.39 is 37.9 Å². The van der Waals surface area contributed by atoms with Crippen LogP contribution in [0.1, 0.15) is 20.8 Å². The first-order valence-electron chi connectivity index (χ1n) is 4.63. The van der Waals surface area contributed by atoms with Crippen molar-refractivity contribution in [3.8, 4) is 0 Å². The van der Waals surface area contributed by atoms with E-state index in [9.17, 15) is 30.3 Å². The van der Waals surface area contributed by atoms with Gasteiger partial charge in [-0.3, -0.25) is 0 Å². The van der Waals surface area contributed by atoms with E-state index in [4.69, 9.17) is 0 Å². The Labute approximate surface area is 99.5 Å². The van der Waals surface area contributed by atoms with Crippen molar-refractivity contribution in [2.75, 3.05) is 0 Å². The highest BCUT2D eigenvalue weighted by molar-refractivity contribution is 5.47. The topological polar surface area (TPSA) is 147 Å². The van der Waals surface area contributed by atoms with Crippen LogP contribution in [0.3, 0.4) is 0 Å². The van der Waals surface area contributed by atoms with Gasteiger partial charge in [-0.25, -0.2) is 0 Å². The second-order valence-corrected chi connectivity index (χ2v) is 4.34. The van der Waals surface area contributed by atoms with E-state index in [2.05, 4.69) is 4.98 Å². The number of nitro groups is 3. The molecule has 1 aromatic heterocycles. The molecule has 0 saturated carbocycles. The van der Waals surface area contributed by atoms with Crippen LogP contribution in [0.5, 0.6) is 0 Å². The molecule has 0 atom stereocenters. The standard InChI is InChI=1S/C7H9N5O6/c1-7(2,3)9-5(11(15)16)4(10(13)14)8-6(9)12(17)18/h1-3H3. The molecule has 98 valence electrons. The number of hydrogen-bond acceptors (Lipinski definition) is 7. The molecule has 11 heteroatoms. The molecule has 0 aliphatic carbocycles. The third kappa shape index (κ3) is 2.09. The predicted molar refractivity (Wildman–Crippen MR) is 57.2 cm³/mol. The fourth-order valence-corrected chi connectivity index (χ4v) is 1.42. The summed E-state index contributed by atoms with van der Waals surface area (Å²) < 4.78 is 0.630. The van der Waals surface area contributed by atoms with Crippen LogP contribution in [0.25, 0.3) is 0 Å². The summed E-state index contributed by atoms with van der Waals surface area (Å²) in [4.78, 5) is 32.2. The number of hydrogen-bond donors (Lipinski definition) is 0. The summed E-state index contributed by atoms with van der Waals surface area (Å²) in [5.41, 5.74) is -1.09. The highest BCUT2D eigenvalue weighted by atomic mass is 16.6. The number of nitrogens with zero attached hydrogens (tertiary/aromatic N) is 5. The van der Waals surface area contributed by atoms with Gasteiger partial charge in [-0.15, -0.1) is 4.57 Å². The van der Waals surface area contributed by atoms with Gasteiger partial charge in [0.15, 0.2) is 0 Å². The highest BCUT2D eigenvalue weighted by Gasteiger charge is 2.45. The van der Waals surface area contributed by atoms with Crippen LogP contribution in [0.4, 0.5) is 17.6 Å². The predicted octanol–water partition coefficient (Wildman–Crippen LogP) is 1.36. The molecule has 0 aliphatic rings. The SMILES string of the molecule is CC(C)(C)n1c([N+](=O)[O-])nc([N+](=O)[O-])c1[N+](=O)[O-]. The average Bonchev–Trinajstić information content (AvgIpc) is 2.56. The Kier molecular flexibility index (Phi) is 3.00. The van der Waals surface area contributed by atoms with Gasteiger partial charge in [0.1, 0.15) is 5.54 Å². The quantitative estimate of drug-likeness (QED) is 0.587. The van der Waals surface area contributed by atoms with Gasteiger partial charge in [0.05, 0.1) is 4.98 Å². The summed E-state index contributed by atoms with van der Waals surface area (Å²) in [6.07, 6.45) is 0. The van der Waals surface area contributed by atoms with E-state index in [-0.39, 0.29) is 0 Å². The zero-order valence-corrected chi connectivity index (χ0v) is 9.69. The summed E-state index contributed by atoms with van der Waals surface area (Å²) in [5.74, 6) is -3.07. The smallest absolute Gasteiger partial charge is 0.389 e. The lowest BCUT2D eigenvalue weighted by Crippen LogP contribution is -2.24. The molecular formula is C7H9N5O6. The molecule has 0 saturated heterocycles. The minimum atomic E-state index is -1.14. The van der Waals surface area contributed by atoms with Crippen LogP contribution in [0, 0.1) is 30.3 Å². The number of imidazole rings is 1. The first-order chi connectivity index (χ1) is 8.07.